The molecule has 1 aromatic carbocycles. The van der Waals surface area contributed by atoms with Crippen molar-refractivity contribution in [1.82, 2.24) is 19.2 Å². The van der Waals surface area contributed by atoms with Crippen molar-refractivity contribution in [3.05, 3.63) is 65.1 Å². The van der Waals surface area contributed by atoms with Gasteiger partial charge >= 0.3 is 0 Å². The smallest absolute Gasteiger partial charge is 0.255 e. The number of ketones is 2. The van der Waals surface area contributed by atoms with Gasteiger partial charge in [-0.3, -0.25) is 19.3 Å². The fourth-order valence-electron chi connectivity index (χ4n) is 5.32. The highest BCUT2D eigenvalue weighted by atomic mass is 16.5. The Balaban J connectivity index is 1.15. The van der Waals surface area contributed by atoms with Crippen LogP contribution in [0.25, 0.3) is 5.65 Å². The normalized spacial score (nSPS) is 20.8. The average molecular weight is 489 g/mol. The number of ether oxygens (including phenoxy) is 2. The molecule has 1 saturated carbocycles. The number of carbonyl (C=O) groups is 3. The summed E-state index contributed by atoms with van der Waals surface area (Å²) in [7, 11) is 0. The first kappa shape index (κ1) is 22.9. The summed E-state index contributed by atoms with van der Waals surface area (Å²) in [4.78, 5) is 45.8. The average Bonchev–Trinajstić information content (AvgIpc) is 3.44. The maximum absolute atomic E-state index is 13.0. The quantitative estimate of drug-likeness (QED) is 0.492. The van der Waals surface area contributed by atoms with E-state index in [4.69, 9.17) is 9.47 Å². The zero-order valence-electron chi connectivity index (χ0n) is 20.0. The molecule has 0 N–H and O–H groups in total. The minimum absolute atomic E-state index is 0.0508. The van der Waals surface area contributed by atoms with Crippen LogP contribution < -0.4 is 4.74 Å². The van der Waals surface area contributed by atoms with Gasteiger partial charge < -0.3 is 18.8 Å². The number of rotatable bonds is 6. The number of carbonyl (C=O) groups excluding carboxylic acids is 3. The second-order valence-electron chi connectivity index (χ2n) is 9.66. The fourth-order valence-corrected chi connectivity index (χ4v) is 5.32. The maximum atomic E-state index is 13.0. The van der Waals surface area contributed by atoms with Crippen molar-refractivity contribution >= 4 is 23.1 Å². The number of fused-ring (bicyclic) bond motifs is 2. The maximum Gasteiger partial charge on any atom is 0.255 e. The van der Waals surface area contributed by atoms with Gasteiger partial charge in [0, 0.05) is 49.6 Å². The van der Waals surface area contributed by atoms with Gasteiger partial charge in [0.05, 0.1) is 37.9 Å². The molecule has 1 amide bonds. The number of morpholine rings is 1. The van der Waals surface area contributed by atoms with Gasteiger partial charge in [-0.2, -0.15) is 0 Å². The number of benzene rings is 1. The number of hydrogen-bond acceptors (Lipinski definition) is 7. The van der Waals surface area contributed by atoms with E-state index >= 15 is 0 Å². The zero-order chi connectivity index (χ0) is 24.6. The minimum atomic E-state index is -0.541. The lowest BCUT2D eigenvalue weighted by Crippen LogP contribution is -2.44. The zero-order valence-corrected chi connectivity index (χ0v) is 20.0. The summed E-state index contributed by atoms with van der Waals surface area (Å²) in [6.45, 7) is 4.88. The molecule has 0 bridgehead atoms. The first-order chi connectivity index (χ1) is 17.5. The van der Waals surface area contributed by atoms with E-state index in [1.165, 1.54) is 5.56 Å². The van der Waals surface area contributed by atoms with Crippen molar-refractivity contribution in [2.75, 3.05) is 26.3 Å². The van der Waals surface area contributed by atoms with Crippen molar-refractivity contribution < 1.29 is 23.9 Å². The molecule has 9 nitrogen and oxygen atoms in total. The molecule has 0 radical (unpaired) electrons. The highest BCUT2D eigenvalue weighted by Gasteiger charge is 2.40. The van der Waals surface area contributed by atoms with E-state index in [0.717, 1.165) is 49.8 Å². The van der Waals surface area contributed by atoms with Crippen LogP contribution in [-0.2, 0) is 34.0 Å². The second-order valence-corrected chi connectivity index (χ2v) is 9.66. The van der Waals surface area contributed by atoms with E-state index in [1.54, 1.807) is 17.0 Å². The van der Waals surface area contributed by atoms with Gasteiger partial charge in [-0.05, 0) is 30.2 Å². The number of imidazole rings is 1. The van der Waals surface area contributed by atoms with Crippen molar-refractivity contribution in [2.24, 2.45) is 0 Å². The number of Topliss-reactive ketones (excluding diaryl/α,β-unsaturated/α-hetero) is 2. The Morgan fingerprint density at radius 3 is 2.75 bits per heavy atom. The molecule has 1 saturated heterocycles. The summed E-state index contributed by atoms with van der Waals surface area (Å²) in [5.41, 5.74) is 4.19. The van der Waals surface area contributed by atoms with E-state index in [-0.39, 0.29) is 30.5 Å². The van der Waals surface area contributed by atoms with Crippen LogP contribution in [0.3, 0.4) is 0 Å². The van der Waals surface area contributed by atoms with Gasteiger partial charge in [-0.15, -0.1) is 0 Å². The minimum Gasteiger partial charge on any atom is -0.487 e. The SMILES string of the molecule is O=C1CCC(N2Cc3c(OCc4cn5cc(CN6CCOCC6)ccc5n4)cccc3C2=O)C(=O)C1. The highest BCUT2D eigenvalue weighted by Crippen LogP contribution is 2.34. The van der Waals surface area contributed by atoms with Crippen molar-refractivity contribution in [1.29, 1.82) is 0 Å². The molecule has 1 aliphatic carbocycles. The van der Waals surface area contributed by atoms with E-state index < -0.39 is 6.04 Å². The van der Waals surface area contributed by atoms with Crippen LogP contribution in [0.5, 0.6) is 5.75 Å². The van der Waals surface area contributed by atoms with Crippen LogP contribution in [0.2, 0.25) is 0 Å². The van der Waals surface area contributed by atoms with E-state index in [0.29, 0.717) is 30.7 Å². The first-order valence-corrected chi connectivity index (χ1v) is 12.4. The molecule has 1 unspecified atom stereocenters. The lowest BCUT2D eigenvalue weighted by molar-refractivity contribution is -0.133. The second kappa shape index (κ2) is 9.48. The Labute approximate surface area is 208 Å². The molecular weight excluding hydrogens is 460 g/mol. The Bertz CT molecular complexity index is 1340. The molecule has 2 aliphatic heterocycles. The van der Waals surface area contributed by atoms with Crippen LogP contribution in [-0.4, -0.2) is 69.0 Å². The van der Waals surface area contributed by atoms with Crippen molar-refractivity contribution in [2.45, 2.75) is 45.0 Å². The predicted molar refractivity (Wildman–Crippen MR) is 130 cm³/mol. The standard InChI is InChI=1S/C27H28N4O5/c32-20-5-6-23(24(33)12-20)31-16-22-21(27(31)34)2-1-3-25(22)36-17-19-15-30-14-18(4-7-26(30)28-19)13-29-8-10-35-11-9-29/h1-4,7,14-15,23H,5-6,8-13,16-17H2. The molecule has 1 atom stereocenters. The van der Waals surface area contributed by atoms with Gasteiger partial charge in [-0.25, -0.2) is 4.98 Å². The van der Waals surface area contributed by atoms with Gasteiger partial charge in [0.1, 0.15) is 23.8 Å². The largest absolute Gasteiger partial charge is 0.487 e. The monoisotopic (exact) mass is 488 g/mol. The summed E-state index contributed by atoms with van der Waals surface area (Å²) in [5.74, 6) is 0.217. The van der Waals surface area contributed by atoms with Gasteiger partial charge in [0.2, 0.25) is 0 Å². The Hall–Kier alpha value is -3.56. The van der Waals surface area contributed by atoms with Gasteiger partial charge in [0.25, 0.3) is 5.91 Å². The molecular formula is C27H28N4O5. The van der Waals surface area contributed by atoms with Crippen LogP contribution in [0.1, 0.15) is 46.4 Å². The molecule has 6 rings (SSSR count). The van der Waals surface area contributed by atoms with Crippen LogP contribution >= 0.6 is 0 Å². The van der Waals surface area contributed by atoms with Crippen LogP contribution in [0.4, 0.5) is 0 Å². The lowest BCUT2D eigenvalue weighted by atomic mass is 9.92. The number of aromatic nitrogens is 2. The highest BCUT2D eigenvalue weighted by molar-refractivity contribution is 6.07. The van der Waals surface area contributed by atoms with E-state index in [9.17, 15) is 14.4 Å². The van der Waals surface area contributed by atoms with Crippen LogP contribution in [0.15, 0.2) is 42.7 Å². The number of nitrogens with zero attached hydrogens (tertiary/aromatic N) is 4. The summed E-state index contributed by atoms with van der Waals surface area (Å²) in [6.07, 6.45) is 4.71. The van der Waals surface area contributed by atoms with Gasteiger partial charge in [0.15, 0.2) is 5.78 Å². The Morgan fingerprint density at radius 1 is 1.06 bits per heavy atom. The summed E-state index contributed by atoms with van der Waals surface area (Å²) in [5, 5.41) is 0. The number of amides is 1. The summed E-state index contributed by atoms with van der Waals surface area (Å²) < 4.78 is 13.6. The Kier molecular flexibility index (Phi) is 6.02. The topological polar surface area (TPSA) is 93.4 Å². The van der Waals surface area contributed by atoms with E-state index in [1.807, 2.05) is 22.7 Å². The first-order valence-electron chi connectivity index (χ1n) is 12.4. The van der Waals surface area contributed by atoms with Gasteiger partial charge in [-0.1, -0.05) is 12.1 Å². The molecule has 36 heavy (non-hydrogen) atoms. The summed E-state index contributed by atoms with van der Waals surface area (Å²) in [6, 6.07) is 8.99. The molecule has 186 valence electrons. The third-order valence-electron chi connectivity index (χ3n) is 7.22. The van der Waals surface area contributed by atoms with E-state index in [2.05, 4.69) is 22.1 Å². The molecule has 3 aliphatic rings. The molecule has 0 spiro atoms. The third-order valence-corrected chi connectivity index (χ3v) is 7.22. The fraction of sp³-hybridized carbons (Fsp3) is 0.407. The Morgan fingerprint density at radius 2 is 1.92 bits per heavy atom. The third kappa shape index (κ3) is 4.40. The van der Waals surface area contributed by atoms with Crippen molar-refractivity contribution in [3.63, 3.8) is 0 Å². The molecule has 3 aromatic rings. The number of hydrogen-bond donors (Lipinski definition) is 0. The molecule has 2 fully saturated rings. The molecule has 9 heteroatoms. The number of pyridine rings is 1. The predicted octanol–water partition coefficient (Wildman–Crippen LogP) is 2.39. The molecule has 4 heterocycles. The lowest BCUT2D eigenvalue weighted by Gasteiger charge is -2.29. The van der Waals surface area contributed by atoms with Crippen molar-refractivity contribution in [3.8, 4) is 5.75 Å². The summed E-state index contributed by atoms with van der Waals surface area (Å²) >= 11 is 0. The molecule has 2 aromatic heterocycles. The van der Waals surface area contributed by atoms with Crippen LogP contribution in [0, 0.1) is 0 Å².